The molecule has 0 fully saturated rings. The molecule has 0 saturated heterocycles. The number of para-hydroxylation sites is 1. The average Bonchev–Trinajstić information content (AvgIpc) is 3.24. The van der Waals surface area contributed by atoms with E-state index in [4.69, 9.17) is 4.74 Å². The number of anilines is 1. The van der Waals surface area contributed by atoms with Gasteiger partial charge in [0.05, 0.1) is 12.0 Å². The summed E-state index contributed by atoms with van der Waals surface area (Å²) in [7, 11) is -2.36. The van der Waals surface area contributed by atoms with Gasteiger partial charge in [-0.15, -0.1) is 9.19 Å². The summed E-state index contributed by atoms with van der Waals surface area (Å²) in [5.41, 5.74) is 1.47. The third-order valence-electron chi connectivity index (χ3n) is 4.40. The Balaban J connectivity index is 1.75. The molecule has 152 valence electrons. The molecular weight excluding hydrogens is 402 g/mol. The lowest BCUT2D eigenvalue weighted by molar-refractivity contribution is 0.410. The summed E-state index contributed by atoms with van der Waals surface area (Å²) in [4.78, 5) is 8.60. The Kier molecular flexibility index (Phi) is 5.44. The maximum atomic E-state index is 13.2. The third-order valence-corrected chi connectivity index (χ3v) is 5.97. The van der Waals surface area contributed by atoms with Crippen LogP contribution in [-0.4, -0.2) is 34.7 Å². The van der Waals surface area contributed by atoms with E-state index in [9.17, 15) is 8.42 Å². The van der Waals surface area contributed by atoms with E-state index in [0.717, 1.165) is 9.65 Å². The van der Waals surface area contributed by atoms with E-state index in [1.807, 2.05) is 24.3 Å². The largest absolute Gasteiger partial charge is 0.496 e. The molecule has 0 bridgehead atoms. The summed E-state index contributed by atoms with van der Waals surface area (Å²) < 4.78 is 32.7. The molecule has 0 saturated carbocycles. The summed E-state index contributed by atoms with van der Waals surface area (Å²) >= 11 is 0. The first-order valence-corrected chi connectivity index (χ1v) is 10.6. The highest BCUT2D eigenvalue weighted by Gasteiger charge is 2.24. The SMILES string of the molecule is COc1ccccc1CNc1nc(-c2cccnc2)nn1S(=O)(=O)c1ccccc1. The minimum atomic E-state index is -3.95. The molecule has 2 aromatic carbocycles. The van der Waals surface area contributed by atoms with E-state index in [1.165, 1.54) is 12.1 Å². The smallest absolute Gasteiger partial charge is 0.286 e. The van der Waals surface area contributed by atoms with Crippen molar-refractivity contribution in [1.29, 1.82) is 0 Å². The van der Waals surface area contributed by atoms with Crippen LogP contribution in [0.2, 0.25) is 0 Å². The van der Waals surface area contributed by atoms with Crippen molar-refractivity contribution in [3.8, 4) is 17.1 Å². The van der Waals surface area contributed by atoms with Gasteiger partial charge in [-0.1, -0.05) is 36.4 Å². The first kappa shape index (κ1) is 19.6. The molecule has 0 aliphatic heterocycles. The first-order valence-electron chi connectivity index (χ1n) is 9.13. The predicted octanol–water partition coefficient (Wildman–Crippen LogP) is 3.20. The molecule has 0 unspecified atom stereocenters. The van der Waals surface area contributed by atoms with Gasteiger partial charge < -0.3 is 10.1 Å². The van der Waals surface area contributed by atoms with Gasteiger partial charge in [-0.25, -0.2) is 0 Å². The third kappa shape index (κ3) is 3.87. The Hall–Kier alpha value is -3.72. The van der Waals surface area contributed by atoms with Gasteiger partial charge in [-0.3, -0.25) is 4.98 Å². The molecule has 30 heavy (non-hydrogen) atoms. The molecule has 2 aromatic heterocycles. The second kappa shape index (κ2) is 8.34. The van der Waals surface area contributed by atoms with Crippen molar-refractivity contribution in [3.05, 3.63) is 84.7 Å². The van der Waals surface area contributed by atoms with Gasteiger partial charge in [0.1, 0.15) is 5.75 Å². The summed E-state index contributed by atoms with van der Waals surface area (Å²) in [6.45, 7) is 0.305. The lowest BCUT2D eigenvalue weighted by atomic mass is 10.2. The topological polar surface area (TPSA) is 99.0 Å². The minimum Gasteiger partial charge on any atom is -0.496 e. The van der Waals surface area contributed by atoms with Crippen molar-refractivity contribution in [2.75, 3.05) is 12.4 Å². The van der Waals surface area contributed by atoms with Crippen molar-refractivity contribution < 1.29 is 13.2 Å². The Bertz CT molecular complexity index is 1240. The summed E-state index contributed by atoms with van der Waals surface area (Å²) in [6.07, 6.45) is 3.21. The molecule has 2 heterocycles. The fourth-order valence-corrected chi connectivity index (χ4v) is 4.13. The summed E-state index contributed by atoms with van der Waals surface area (Å²) in [5.74, 6) is 1.04. The Morgan fingerprint density at radius 2 is 1.77 bits per heavy atom. The quantitative estimate of drug-likeness (QED) is 0.489. The van der Waals surface area contributed by atoms with E-state index >= 15 is 0 Å². The number of rotatable bonds is 7. The van der Waals surface area contributed by atoms with Crippen LogP contribution in [0.4, 0.5) is 5.95 Å². The van der Waals surface area contributed by atoms with Crippen LogP contribution < -0.4 is 10.1 Å². The van der Waals surface area contributed by atoms with Crippen LogP contribution in [0.5, 0.6) is 5.75 Å². The Morgan fingerprint density at radius 3 is 2.50 bits per heavy atom. The molecule has 0 radical (unpaired) electrons. The normalized spacial score (nSPS) is 11.2. The van der Waals surface area contributed by atoms with Crippen molar-refractivity contribution in [2.24, 2.45) is 0 Å². The van der Waals surface area contributed by atoms with Gasteiger partial charge in [0.25, 0.3) is 10.0 Å². The lowest BCUT2D eigenvalue weighted by Crippen LogP contribution is -2.18. The average molecular weight is 421 g/mol. The molecule has 0 amide bonds. The number of ether oxygens (including phenoxy) is 1. The van der Waals surface area contributed by atoms with Gasteiger partial charge in [0.2, 0.25) is 5.95 Å². The number of hydrogen-bond donors (Lipinski definition) is 1. The first-order chi connectivity index (χ1) is 14.6. The van der Waals surface area contributed by atoms with Crippen molar-refractivity contribution in [2.45, 2.75) is 11.4 Å². The molecule has 4 rings (SSSR count). The van der Waals surface area contributed by atoms with Crippen LogP contribution in [0.15, 0.2) is 84.0 Å². The van der Waals surface area contributed by atoms with Crippen molar-refractivity contribution >= 4 is 16.0 Å². The number of methoxy groups -OCH3 is 1. The summed E-state index contributed by atoms with van der Waals surface area (Å²) in [6, 6.07) is 19.1. The number of pyridine rings is 1. The zero-order valence-corrected chi connectivity index (χ0v) is 17.0. The predicted molar refractivity (Wildman–Crippen MR) is 113 cm³/mol. The number of nitrogens with zero attached hydrogens (tertiary/aromatic N) is 4. The monoisotopic (exact) mass is 421 g/mol. The second-order valence-electron chi connectivity index (χ2n) is 6.33. The molecule has 0 aliphatic rings. The van der Waals surface area contributed by atoms with Crippen molar-refractivity contribution in [3.63, 3.8) is 0 Å². The van der Waals surface area contributed by atoms with E-state index in [2.05, 4.69) is 20.4 Å². The minimum absolute atomic E-state index is 0.101. The van der Waals surface area contributed by atoms with E-state index in [-0.39, 0.29) is 16.7 Å². The van der Waals surface area contributed by atoms with E-state index < -0.39 is 10.0 Å². The van der Waals surface area contributed by atoms with Crippen LogP contribution in [0.1, 0.15) is 5.56 Å². The zero-order chi connectivity index (χ0) is 21.0. The highest BCUT2D eigenvalue weighted by atomic mass is 32.2. The maximum Gasteiger partial charge on any atom is 0.286 e. The number of nitrogens with one attached hydrogen (secondary N) is 1. The zero-order valence-electron chi connectivity index (χ0n) is 16.1. The number of benzene rings is 2. The highest BCUT2D eigenvalue weighted by Crippen LogP contribution is 2.24. The van der Waals surface area contributed by atoms with E-state index in [0.29, 0.717) is 17.9 Å². The van der Waals surface area contributed by atoms with Crippen LogP contribution in [-0.2, 0) is 16.6 Å². The molecule has 0 atom stereocenters. The van der Waals surface area contributed by atoms with Gasteiger partial charge in [0.15, 0.2) is 5.82 Å². The Labute approximate surface area is 174 Å². The molecular formula is C21H19N5O3S. The van der Waals surface area contributed by atoms with Gasteiger partial charge >= 0.3 is 0 Å². The molecule has 1 N–H and O–H groups in total. The standard InChI is InChI=1S/C21H19N5O3S/c1-29-19-12-6-5-8-16(19)15-23-21-24-20(17-9-7-13-22-14-17)25-26(21)30(27,28)18-10-3-2-4-11-18/h2-14H,15H2,1H3,(H,23,24,25). The Morgan fingerprint density at radius 1 is 1.00 bits per heavy atom. The summed E-state index contributed by atoms with van der Waals surface area (Å²) in [5, 5.41) is 7.35. The van der Waals surface area contributed by atoms with E-state index in [1.54, 1.807) is 49.8 Å². The number of aromatic nitrogens is 4. The van der Waals surface area contributed by atoms with Crippen molar-refractivity contribution in [1.82, 2.24) is 19.2 Å². The van der Waals surface area contributed by atoms with Crippen LogP contribution in [0.3, 0.4) is 0 Å². The van der Waals surface area contributed by atoms with Crippen LogP contribution >= 0.6 is 0 Å². The molecule has 0 spiro atoms. The number of hydrogen-bond acceptors (Lipinski definition) is 7. The molecule has 8 nitrogen and oxygen atoms in total. The fraction of sp³-hybridized carbons (Fsp3) is 0.0952. The lowest BCUT2D eigenvalue weighted by Gasteiger charge is -2.11. The molecule has 4 aromatic rings. The van der Waals surface area contributed by atoms with Crippen LogP contribution in [0, 0.1) is 0 Å². The second-order valence-corrected chi connectivity index (χ2v) is 8.09. The molecule has 9 heteroatoms. The fourth-order valence-electron chi connectivity index (χ4n) is 2.91. The van der Waals surface area contributed by atoms with Gasteiger partial charge in [0, 0.05) is 30.1 Å². The van der Waals surface area contributed by atoms with Crippen LogP contribution in [0.25, 0.3) is 11.4 Å². The van der Waals surface area contributed by atoms with Gasteiger partial charge in [-0.2, -0.15) is 13.4 Å². The maximum absolute atomic E-state index is 13.2. The molecule has 0 aliphatic carbocycles. The van der Waals surface area contributed by atoms with Gasteiger partial charge in [-0.05, 0) is 30.3 Å². The highest BCUT2D eigenvalue weighted by molar-refractivity contribution is 7.90.